The largest absolute Gasteiger partial charge is 0.480 e. The summed E-state index contributed by atoms with van der Waals surface area (Å²) < 4.78 is -0.322. The number of aliphatic imine (C=N–C) groups is 1. The van der Waals surface area contributed by atoms with Gasteiger partial charge in [0.1, 0.15) is 5.37 Å². The van der Waals surface area contributed by atoms with E-state index in [-0.39, 0.29) is 15.9 Å². The van der Waals surface area contributed by atoms with Crippen molar-refractivity contribution in [2.24, 2.45) is 4.99 Å². The molecule has 0 radical (unpaired) electrons. The van der Waals surface area contributed by atoms with E-state index in [0.717, 1.165) is 4.90 Å². The van der Waals surface area contributed by atoms with Gasteiger partial charge in [-0.25, -0.2) is 4.79 Å². The number of amides is 2. The molecule has 0 bridgehead atoms. The van der Waals surface area contributed by atoms with Crippen LogP contribution in [0.2, 0.25) is 0 Å². The molecule has 0 aliphatic carbocycles. The monoisotopic (exact) mass is 318 g/mol. The summed E-state index contributed by atoms with van der Waals surface area (Å²) in [6.45, 7) is 3.81. The van der Waals surface area contributed by atoms with Crippen LogP contribution in [0.1, 0.15) is 34.6 Å². The third kappa shape index (κ3) is 2.21. The lowest BCUT2D eigenvalue weighted by atomic mass is 10.1. The molecule has 22 heavy (non-hydrogen) atoms. The van der Waals surface area contributed by atoms with Crippen LogP contribution >= 0.6 is 11.8 Å². The summed E-state index contributed by atoms with van der Waals surface area (Å²) in [6.07, 6.45) is 1.66. The molecule has 1 aromatic rings. The van der Waals surface area contributed by atoms with Crippen LogP contribution in [0.15, 0.2) is 29.3 Å². The molecule has 7 heteroatoms. The van der Waals surface area contributed by atoms with Crippen LogP contribution in [0.25, 0.3) is 0 Å². The fraction of sp³-hybridized carbons (Fsp3) is 0.333. The zero-order valence-electron chi connectivity index (χ0n) is 12.0. The minimum absolute atomic E-state index is 0.241. The topological polar surface area (TPSA) is 87.0 Å². The Morgan fingerprint density at radius 1 is 1.27 bits per heavy atom. The Balaban J connectivity index is 1.98. The van der Waals surface area contributed by atoms with Crippen LogP contribution in [0.4, 0.5) is 0 Å². The van der Waals surface area contributed by atoms with Crippen molar-refractivity contribution in [3.05, 3.63) is 35.4 Å². The molecule has 0 spiro atoms. The molecular formula is C15H14N2O4S. The number of carboxylic acids is 1. The fourth-order valence-electron chi connectivity index (χ4n) is 2.59. The number of carbonyl (C=O) groups is 3. The van der Waals surface area contributed by atoms with E-state index < -0.39 is 29.2 Å². The number of rotatable bonds is 3. The maximum absolute atomic E-state index is 12.5. The Labute approximate surface area is 131 Å². The molecule has 0 saturated carbocycles. The van der Waals surface area contributed by atoms with Gasteiger partial charge < -0.3 is 5.11 Å². The lowest BCUT2D eigenvalue weighted by molar-refractivity contribution is -0.141. The molecule has 0 fully saturated rings. The number of nitrogens with zero attached hydrogens (tertiary/aromatic N) is 2. The Hall–Kier alpha value is -2.15. The molecule has 2 atom stereocenters. The number of fused-ring (bicyclic) bond motifs is 1. The van der Waals surface area contributed by atoms with Gasteiger partial charge in [0, 0.05) is 11.0 Å². The van der Waals surface area contributed by atoms with E-state index in [0.29, 0.717) is 0 Å². The lowest BCUT2D eigenvalue weighted by Crippen LogP contribution is -2.50. The SMILES string of the molecule is CC1(C)C=N[C@@H]([C@@H](C(=O)O)N2C(=O)c3ccccc3C2=O)S1. The van der Waals surface area contributed by atoms with Crippen LogP contribution in [0, 0.1) is 0 Å². The van der Waals surface area contributed by atoms with E-state index in [2.05, 4.69) is 4.99 Å². The second kappa shape index (κ2) is 4.95. The first-order chi connectivity index (χ1) is 10.3. The highest BCUT2D eigenvalue weighted by molar-refractivity contribution is 8.02. The number of benzene rings is 1. The smallest absolute Gasteiger partial charge is 0.330 e. The van der Waals surface area contributed by atoms with Gasteiger partial charge >= 0.3 is 5.97 Å². The average molecular weight is 318 g/mol. The standard InChI is InChI=1S/C15H14N2O4S/c1-15(2)7-16-11(22-15)10(14(20)21)17-12(18)8-5-3-4-6-9(8)13(17)19/h3-7,10-11H,1-2H3,(H,20,21)/t10-,11+/m0/s1. The summed E-state index contributed by atoms with van der Waals surface area (Å²) in [4.78, 5) is 41.6. The summed E-state index contributed by atoms with van der Waals surface area (Å²) in [5, 5.41) is 8.85. The van der Waals surface area contributed by atoms with Crippen molar-refractivity contribution in [1.29, 1.82) is 0 Å². The Bertz CT molecular complexity index is 678. The molecule has 0 aromatic heterocycles. The van der Waals surface area contributed by atoms with E-state index in [1.807, 2.05) is 13.8 Å². The maximum Gasteiger partial charge on any atom is 0.330 e. The molecule has 2 amide bonds. The van der Waals surface area contributed by atoms with Crippen LogP contribution < -0.4 is 0 Å². The third-order valence-electron chi connectivity index (χ3n) is 3.58. The van der Waals surface area contributed by atoms with Gasteiger partial charge in [0.2, 0.25) is 0 Å². The molecule has 1 aromatic carbocycles. The fourth-order valence-corrected chi connectivity index (χ4v) is 3.82. The van der Waals surface area contributed by atoms with E-state index in [4.69, 9.17) is 0 Å². The van der Waals surface area contributed by atoms with E-state index in [1.54, 1.807) is 18.3 Å². The predicted octanol–water partition coefficient (Wildman–Crippen LogP) is 1.66. The number of aliphatic carboxylic acids is 1. The molecule has 114 valence electrons. The van der Waals surface area contributed by atoms with Gasteiger partial charge in [0.05, 0.1) is 11.1 Å². The summed E-state index contributed by atoms with van der Waals surface area (Å²) in [6, 6.07) is 5.05. The minimum Gasteiger partial charge on any atom is -0.480 e. The van der Waals surface area contributed by atoms with Gasteiger partial charge in [0.15, 0.2) is 6.04 Å². The second-order valence-corrected chi connectivity index (χ2v) is 7.47. The highest BCUT2D eigenvalue weighted by atomic mass is 32.2. The Morgan fingerprint density at radius 2 is 1.82 bits per heavy atom. The quantitative estimate of drug-likeness (QED) is 0.856. The Kier molecular flexibility index (Phi) is 3.32. The average Bonchev–Trinajstić information content (AvgIpc) is 2.92. The number of hydrogen-bond donors (Lipinski definition) is 1. The van der Waals surface area contributed by atoms with Crippen LogP contribution in [-0.2, 0) is 4.79 Å². The number of thioether (sulfide) groups is 1. The molecule has 2 heterocycles. The number of carboxylic acid groups (broad SMARTS) is 1. The zero-order chi connectivity index (χ0) is 16.1. The van der Waals surface area contributed by atoms with Crippen molar-refractivity contribution in [1.82, 2.24) is 4.90 Å². The van der Waals surface area contributed by atoms with Crippen molar-refractivity contribution in [3.8, 4) is 0 Å². The van der Waals surface area contributed by atoms with E-state index in [1.165, 1.54) is 23.9 Å². The molecule has 2 aliphatic rings. The first-order valence-electron chi connectivity index (χ1n) is 6.74. The molecule has 1 N–H and O–H groups in total. The zero-order valence-corrected chi connectivity index (χ0v) is 12.8. The first kappa shape index (κ1) is 14.8. The predicted molar refractivity (Wildman–Crippen MR) is 82.3 cm³/mol. The van der Waals surface area contributed by atoms with Crippen LogP contribution in [0.5, 0.6) is 0 Å². The molecule has 0 unspecified atom stereocenters. The van der Waals surface area contributed by atoms with Gasteiger partial charge in [-0.1, -0.05) is 12.1 Å². The van der Waals surface area contributed by atoms with Crippen LogP contribution in [0.3, 0.4) is 0 Å². The summed E-state index contributed by atoms with van der Waals surface area (Å²) in [5.74, 6) is -2.39. The third-order valence-corrected chi connectivity index (χ3v) is 4.92. The van der Waals surface area contributed by atoms with Crippen molar-refractivity contribution < 1.29 is 19.5 Å². The van der Waals surface area contributed by atoms with Gasteiger partial charge in [-0.2, -0.15) is 0 Å². The maximum atomic E-state index is 12.5. The van der Waals surface area contributed by atoms with Crippen LogP contribution in [-0.4, -0.2) is 50.2 Å². The number of hydrogen-bond acceptors (Lipinski definition) is 5. The first-order valence-corrected chi connectivity index (χ1v) is 7.62. The minimum atomic E-state index is -1.31. The molecular weight excluding hydrogens is 304 g/mol. The van der Waals surface area contributed by atoms with Gasteiger partial charge in [-0.3, -0.25) is 19.5 Å². The summed E-state index contributed by atoms with van der Waals surface area (Å²) in [7, 11) is 0. The van der Waals surface area contributed by atoms with Gasteiger partial charge in [-0.05, 0) is 26.0 Å². The highest BCUT2D eigenvalue weighted by Crippen LogP contribution is 2.38. The van der Waals surface area contributed by atoms with Gasteiger partial charge in [-0.15, -0.1) is 11.8 Å². The van der Waals surface area contributed by atoms with E-state index in [9.17, 15) is 19.5 Å². The Morgan fingerprint density at radius 3 is 2.23 bits per heavy atom. The molecule has 2 aliphatic heterocycles. The van der Waals surface area contributed by atoms with E-state index >= 15 is 0 Å². The molecule has 0 saturated heterocycles. The molecule has 3 rings (SSSR count). The van der Waals surface area contributed by atoms with Gasteiger partial charge in [0.25, 0.3) is 11.8 Å². The van der Waals surface area contributed by atoms with Crippen molar-refractivity contribution in [3.63, 3.8) is 0 Å². The number of carbonyl (C=O) groups excluding carboxylic acids is 2. The van der Waals surface area contributed by atoms with Crippen molar-refractivity contribution in [2.45, 2.75) is 30.0 Å². The number of imide groups is 1. The van der Waals surface area contributed by atoms with Crippen molar-refractivity contribution >= 4 is 35.8 Å². The summed E-state index contributed by atoms with van der Waals surface area (Å²) >= 11 is 1.32. The normalized spacial score (nSPS) is 23.7. The summed E-state index contributed by atoms with van der Waals surface area (Å²) in [5.41, 5.74) is 0.481. The highest BCUT2D eigenvalue weighted by Gasteiger charge is 2.48. The lowest BCUT2D eigenvalue weighted by Gasteiger charge is -2.27. The molecule has 6 nitrogen and oxygen atoms in total. The van der Waals surface area contributed by atoms with Crippen molar-refractivity contribution in [2.75, 3.05) is 0 Å². The second-order valence-electron chi connectivity index (χ2n) is 5.70.